The number of rotatable bonds is 9. The molecule has 5 rings (SSSR count). The van der Waals surface area contributed by atoms with E-state index in [0.29, 0.717) is 6.54 Å². The summed E-state index contributed by atoms with van der Waals surface area (Å²) in [7, 11) is -3.11. The van der Waals surface area contributed by atoms with Crippen molar-refractivity contribution in [2.75, 3.05) is 0 Å². The third kappa shape index (κ3) is 5.55. The lowest BCUT2D eigenvalue weighted by Crippen LogP contribution is -2.52. The molecule has 1 N–H and O–H groups in total. The Hall–Kier alpha value is -2.97. The minimum atomic E-state index is -3.11. The van der Waals surface area contributed by atoms with Crippen LogP contribution in [0.25, 0.3) is 0 Å². The molecule has 0 amide bonds. The first-order valence-corrected chi connectivity index (χ1v) is 14.7. The van der Waals surface area contributed by atoms with E-state index in [4.69, 9.17) is 0 Å². The van der Waals surface area contributed by atoms with Crippen LogP contribution in [0.3, 0.4) is 0 Å². The molecule has 1 saturated carbocycles. The Morgan fingerprint density at radius 3 is 1.67 bits per heavy atom. The first-order valence-electron chi connectivity index (χ1n) is 13.0. The standard InChI is InChI=1S/C32H35N2OP/c35-36(29-19-9-3-10-20-29,30-21-11-4-12-22-30)34(26-28-17-7-2-8-18-28)32-24-14-13-23-31(32)33-25-27-15-5-1-6-16-27/h1-12,15-22,31-33H,13-14,23-26H2/t31-,32-/m1/s1. The third-order valence-corrected chi connectivity index (χ3v) is 10.4. The zero-order valence-corrected chi connectivity index (χ0v) is 21.6. The molecule has 1 aliphatic rings. The summed E-state index contributed by atoms with van der Waals surface area (Å²) in [6, 6.07) is 41.8. The maximum absolute atomic E-state index is 15.5. The van der Waals surface area contributed by atoms with Gasteiger partial charge in [-0.15, -0.1) is 0 Å². The highest BCUT2D eigenvalue weighted by Crippen LogP contribution is 2.51. The molecule has 1 aliphatic carbocycles. The van der Waals surface area contributed by atoms with Crippen molar-refractivity contribution in [1.82, 2.24) is 9.99 Å². The van der Waals surface area contributed by atoms with Gasteiger partial charge in [0.25, 0.3) is 0 Å². The lowest BCUT2D eigenvalue weighted by atomic mass is 9.90. The van der Waals surface area contributed by atoms with E-state index in [1.54, 1.807) is 0 Å². The summed E-state index contributed by atoms with van der Waals surface area (Å²) >= 11 is 0. The Kier molecular flexibility index (Phi) is 8.13. The number of nitrogens with zero attached hydrogens (tertiary/aromatic N) is 1. The van der Waals surface area contributed by atoms with E-state index in [1.165, 1.54) is 17.5 Å². The summed E-state index contributed by atoms with van der Waals surface area (Å²) in [4.78, 5) is 0. The fourth-order valence-corrected chi connectivity index (χ4v) is 8.55. The summed E-state index contributed by atoms with van der Waals surface area (Å²) in [5.74, 6) is 0. The fourth-order valence-electron chi connectivity index (χ4n) is 5.45. The Morgan fingerprint density at radius 1 is 0.639 bits per heavy atom. The van der Waals surface area contributed by atoms with Crippen LogP contribution in [0.1, 0.15) is 36.8 Å². The van der Waals surface area contributed by atoms with Crippen molar-refractivity contribution in [2.45, 2.75) is 50.9 Å². The lowest BCUT2D eigenvalue weighted by Gasteiger charge is -2.44. The van der Waals surface area contributed by atoms with Gasteiger partial charge in [-0.25, -0.2) is 4.67 Å². The van der Waals surface area contributed by atoms with Gasteiger partial charge in [-0.05, 0) is 48.2 Å². The zero-order valence-electron chi connectivity index (χ0n) is 20.7. The SMILES string of the molecule is O=P(c1ccccc1)(c1ccccc1)N(Cc1ccccc1)[C@@H]1CCCC[C@H]1NCc1ccccc1. The van der Waals surface area contributed by atoms with Gasteiger partial charge < -0.3 is 5.32 Å². The van der Waals surface area contributed by atoms with Crippen molar-refractivity contribution < 1.29 is 4.57 Å². The first kappa shape index (κ1) is 24.7. The molecule has 0 unspecified atom stereocenters. The van der Waals surface area contributed by atoms with Gasteiger partial charge in [0.15, 0.2) is 0 Å². The summed E-state index contributed by atoms with van der Waals surface area (Å²) < 4.78 is 17.9. The van der Waals surface area contributed by atoms with Crippen LogP contribution in [-0.4, -0.2) is 16.8 Å². The molecule has 4 aromatic rings. The van der Waals surface area contributed by atoms with Gasteiger partial charge in [-0.2, -0.15) is 0 Å². The molecule has 4 aromatic carbocycles. The highest BCUT2D eigenvalue weighted by atomic mass is 31.2. The zero-order chi connectivity index (χ0) is 24.6. The Balaban J connectivity index is 1.57. The fraction of sp³-hybridized carbons (Fsp3) is 0.250. The number of hydrogen-bond acceptors (Lipinski definition) is 2. The normalized spacial score (nSPS) is 18.2. The van der Waals surface area contributed by atoms with Crippen LogP contribution in [0.4, 0.5) is 0 Å². The van der Waals surface area contributed by atoms with Crippen molar-refractivity contribution >= 4 is 17.9 Å². The lowest BCUT2D eigenvalue weighted by molar-refractivity contribution is 0.194. The van der Waals surface area contributed by atoms with Crippen LogP contribution in [0.5, 0.6) is 0 Å². The van der Waals surface area contributed by atoms with Gasteiger partial charge in [-0.3, -0.25) is 4.57 Å². The van der Waals surface area contributed by atoms with E-state index in [1.807, 2.05) is 66.7 Å². The average molecular weight is 495 g/mol. The minimum absolute atomic E-state index is 0.161. The molecule has 0 aromatic heterocycles. The van der Waals surface area contributed by atoms with E-state index >= 15 is 4.57 Å². The largest absolute Gasteiger partial charge is 0.308 e. The second-order valence-corrected chi connectivity index (χ2v) is 12.4. The smallest absolute Gasteiger partial charge is 0.207 e. The molecule has 4 heteroatoms. The van der Waals surface area contributed by atoms with Gasteiger partial charge in [0.2, 0.25) is 7.29 Å². The van der Waals surface area contributed by atoms with Gasteiger partial charge in [0.1, 0.15) is 0 Å². The molecule has 184 valence electrons. The highest BCUT2D eigenvalue weighted by Gasteiger charge is 2.42. The quantitative estimate of drug-likeness (QED) is 0.269. The van der Waals surface area contributed by atoms with Crippen LogP contribution in [0.2, 0.25) is 0 Å². The van der Waals surface area contributed by atoms with Gasteiger partial charge in [-0.1, -0.05) is 110 Å². The van der Waals surface area contributed by atoms with Crippen molar-refractivity contribution in [3.8, 4) is 0 Å². The van der Waals surface area contributed by atoms with E-state index in [0.717, 1.165) is 36.4 Å². The number of hydrogen-bond donors (Lipinski definition) is 1. The monoisotopic (exact) mass is 494 g/mol. The maximum Gasteiger partial charge on any atom is 0.207 e. The molecule has 0 bridgehead atoms. The minimum Gasteiger partial charge on any atom is -0.308 e. The third-order valence-electron chi connectivity index (χ3n) is 7.29. The van der Waals surface area contributed by atoms with Crippen molar-refractivity contribution in [1.29, 1.82) is 0 Å². The van der Waals surface area contributed by atoms with E-state index < -0.39 is 7.29 Å². The number of benzene rings is 4. The van der Waals surface area contributed by atoms with Crippen molar-refractivity contribution in [3.05, 3.63) is 132 Å². The maximum atomic E-state index is 15.5. The van der Waals surface area contributed by atoms with E-state index in [9.17, 15) is 0 Å². The summed E-state index contributed by atoms with van der Waals surface area (Å²) in [6.07, 6.45) is 4.47. The van der Waals surface area contributed by atoms with Gasteiger partial charge in [0.05, 0.1) is 0 Å². The Morgan fingerprint density at radius 2 is 1.11 bits per heavy atom. The molecule has 0 saturated heterocycles. The van der Waals surface area contributed by atoms with E-state index in [-0.39, 0.29) is 12.1 Å². The second kappa shape index (κ2) is 11.8. The molecule has 0 aliphatic heterocycles. The summed E-state index contributed by atoms with van der Waals surface area (Å²) in [5, 5.41) is 5.67. The van der Waals surface area contributed by atoms with Crippen LogP contribution in [0, 0.1) is 0 Å². The van der Waals surface area contributed by atoms with Gasteiger partial charge >= 0.3 is 0 Å². The van der Waals surface area contributed by atoms with Crippen LogP contribution in [-0.2, 0) is 17.7 Å². The van der Waals surface area contributed by atoms with Crippen molar-refractivity contribution in [2.24, 2.45) is 0 Å². The predicted octanol–water partition coefficient (Wildman–Crippen LogP) is 6.52. The predicted molar refractivity (Wildman–Crippen MR) is 151 cm³/mol. The molecule has 1 fully saturated rings. The topological polar surface area (TPSA) is 32.3 Å². The van der Waals surface area contributed by atoms with E-state index in [2.05, 4.69) is 64.6 Å². The Bertz CT molecular complexity index is 1210. The summed E-state index contributed by atoms with van der Waals surface area (Å²) in [5.41, 5.74) is 2.47. The number of nitrogens with one attached hydrogen (secondary N) is 1. The molecule has 0 spiro atoms. The molecule has 36 heavy (non-hydrogen) atoms. The van der Waals surface area contributed by atoms with Crippen LogP contribution < -0.4 is 15.9 Å². The van der Waals surface area contributed by atoms with Crippen LogP contribution >= 0.6 is 7.29 Å². The molecular weight excluding hydrogens is 459 g/mol. The highest BCUT2D eigenvalue weighted by molar-refractivity contribution is 7.76. The molecule has 0 radical (unpaired) electrons. The average Bonchev–Trinajstić information content (AvgIpc) is 2.97. The molecule has 0 heterocycles. The second-order valence-electron chi connectivity index (χ2n) is 9.66. The molecule has 3 nitrogen and oxygen atoms in total. The first-order chi connectivity index (χ1) is 17.7. The molecule has 2 atom stereocenters. The van der Waals surface area contributed by atoms with Gasteiger partial charge in [0, 0.05) is 35.8 Å². The summed E-state index contributed by atoms with van der Waals surface area (Å²) in [6.45, 7) is 1.47. The Labute approximate surface area is 215 Å². The van der Waals surface area contributed by atoms with Crippen molar-refractivity contribution in [3.63, 3.8) is 0 Å². The van der Waals surface area contributed by atoms with Crippen LogP contribution in [0.15, 0.2) is 121 Å². The molecular formula is C32H35N2OP.